The highest BCUT2D eigenvalue weighted by atomic mass is 32.1. The van der Waals surface area contributed by atoms with Crippen LogP contribution in [-0.4, -0.2) is 17.7 Å². The molecule has 1 rings (SSSR count). The highest BCUT2D eigenvalue weighted by Crippen LogP contribution is 2.06. The van der Waals surface area contributed by atoms with Crippen molar-refractivity contribution in [2.75, 3.05) is 5.75 Å². The van der Waals surface area contributed by atoms with Crippen molar-refractivity contribution in [3.63, 3.8) is 0 Å². The van der Waals surface area contributed by atoms with Gasteiger partial charge in [0.2, 0.25) is 5.91 Å². The first kappa shape index (κ1) is 5.95. The Labute approximate surface area is 54.1 Å². The summed E-state index contributed by atoms with van der Waals surface area (Å²) in [4.78, 5) is 10.5. The number of hydrogen-bond acceptors (Lipinski definition) is 2. The van der Waals surface area contributed by atoms with Crippen LogP contribution in [0.3, 0.4) is 0 Å². The second-order valence-corrected chi connectivity index (χ2v) is 2.35. The molecule has 8 heavy (non-hydrogen) atoms. The highest BCUT2D eigenvalue weighted by Gasteiger charge is 2.18. The van der Waals surface area contributed by atoms with E-state index in [1.54, 1.807) is 0 Å². The van der Waals surface area contributed by atoms with Gasteiger partial charge in [0.05, 0.1) is 0 Å². The monoisotopic (exact) mass is 131 g/mol. The zero-order valence-corrected chi connectivity index (χ0v) is 5.45. The molecule has 1 atom stereocenters. The molecule has 1 fully saturated rings. The average Bonchev–Trinajstić information content (AvgIpc) is 2.14. The lowest BCUT2D eigenvalue weighted by Crippen LogP contribution is -2.26. The summed E-state index contributed by atoms with van der Waals surface area (Å²) in [6.45, 7) is 0. The van der Waals surface area contributed by atoms with Crippen LogP contribution >= 0.6 is 12.6 Å². The van der Waals surface area contributed by atoms with Crippen LogP contribution < -0.4 is 5.32 Å². The van der Waals surface area contributed by atoms with Gasteiger partial charge in [0.1, 0.15) is 0 Å². The Bertz CT molecular complexity index is 105. The van der Waals surface area contributed by atoms with Crippen LogP contribution in [0.5, 0.6) is 0 Å². The van der Waals surface area contributed by atoms with Crippen LogP contribution in [-0.2, 0) is 4.79 Å². The standard InChI is InChI=1S/C5H9NOS/c7-5-2-1-4(3-8)6-5/h4,8H,1-3H2,(H,6,7). The molecule has 0 saturated carbocycles. The molecular weight excluding hydrogens is 122 g/mol. The summed E-state index contributed by atoms with van der Waals surface area (Å²) in [5.41, 5.74) is 0. The normalized spacial score (nSPS) is 28.1. The predicted molar refractivity (Wildman–Crippen MR) is 35.0 cm³/mol. The molecule has 0 aliphatic carbocycles. The fourth-order valence-corrected chi connectivity index (χ4v) is 1.09. The predicted octanol–water partition coefficient (Wildman–Crippen LogP) is 0.195. The van der Waals surface area contributed by atoms with Crippen molar-refractivity contribution in [1.29, 1.82) is 0 Å². The summed E-state index contributed by atoms with van der Waals surface area (Å²) in [6.07, 6.45) is 1.65. The van der Waals surface area contributed by atoms with Crippen LogP contribution in [0.4, 0.5) is 0 Å². The van der Waals surface area contributed by atoms with Crippen molar-refractivity contribution in [2.45, 2.75) is 18.9 Å². The Hall–Kier alpha value is -0.180. The van der Waals surface area contributed by atoms with E-state index in [4.69, 9.17) is 0 Å². The molecule has 1 heterocycles. The quantitative estimate of drug-likeness (QED) is 0.489. The minimum Gasteiger partial charge on any atom is -0.353 e. The van der Waals surface area contributed by atoms with Gasteiger partial charge in [0.25, 0.3) is 0 Å². The van der Waals surface area contributed by atoms with E-state index >= 15 is 0 Å². The summed E-state index contributed by atoms with van der Waals surface area (Å²) in [5, 5.41) is 2.79. The third kappa shape index (κ3) is 1.15. The highest BCUT2D eigenvalue weighted by molar-refractivity contribution is 7.80. The fourth-order valence-electron chi connectivity index (χ4n) is 0.814. The van der Waals surface area contributed by atoms with Crippen LogP contribution in [0, 0.1) is 0 Å². The molecule has 1 aliphatic heterocycles. The average molecular weight is 131 g/mol. The molecule has 0 aromatic carbocycles. The summed E-state index contributed by atoms with van der Waals surface area (Å²) in [5.74, 6) is 0.940. The molecule has 1 aliphatic rings. The van der Waals surface area contributed by atoms with E-state index in [0.717, 1.165) is 12.2 Å². The third-order valence-corrected chi connectivity index (χ3v) is 1.75. The molecule has 3 heteroatoms. The molecule has 46 valence electrons. The summed E-state index contributed by atoms with van der Waals surface area (Å²) in [6, 6.07) is 0.339. The Morgan fingerprint density at radius 3 is 2.88 bits per heavy atom. The van der Waals surface area contributed by atoms with Crippen molar-refractivity contribution >= 4 is 18.5 Å². The number of carbonyl (C=O) groups is 1. The van der Waals surface area contributed by atoms with Crippen molar-refractivity contribution in [3.05, 3.63) is 0 Å². The Kier molecular flexibility index (Phi) is 1.78. The van der Waals surface area contributed by atoms with Gasteiger partial charge < -0.3 is 5.32 Å². The van der Waals surface area contributed by atoms with Gasteiger partial charge in [-0.1, -0.05) is 0 Å². The minimum atomic E-state index is 0.170. The first-order valence-corrected chi connectivity index (χ1v) is 3.36. The SMILES string of the molecule is O=C1CCC(CS)N1. The lowest BCUT2D eigenvalue weighted by atomic mass is 10.2. The number of hydrogen-bond donors (Lipinski definition) is 2. The number of nitrogens with one attached hydrogen (secondary N) is 1. The topological polar surface area (TPSA) is 29.1 Å². The third-order valence-electron chi connectivity index (χ3n) is 1.31. The minimum absolute atomic E-state index is 0.170. The summed E-state index contributed by atoms with van der Waals surface area (Å²) >= 11 is 4.04. The molecule has 0 aromatic heterocycles. The Morgan fingerprint density at radius 1 is 1.88 bits per heavy atom. The van der Waals surface area contributed by atoms with Gasteiger partial charge in [-0.25, -0.2) is 0 Å². The second kappa shape index (κ2) is 2.40. The van der Waals surface area contributed by atoms with Gasteiger partial charge in [-0.15, -0.1) is 0 Å². The molecule has 1 unspecified atom stereocenters. The van der Waals surface area contributed by atoms with Gasteiger partial charge in [0.15, 0.2) is 0 Å². The zero-order valence-electron chi connectivity index (χ0n) is 4.55. The van der Waals surface area contributed by atoms with Gasteiger partial charge in [0, 0.05) is 18.2 Å². The van der Waals surface area contributed by atoms with Crippen molar-refractivity contribution in [1.82, 2.24) is 5.32 Å². The Balaban J connectivity index is 2.32. The van der Waals surface area contributed by atoms with Gasteiger partial charge in [-0.3, -0.25) is 4.79 Å². The molecule has 1 N–H and O–H groups in total. The maximum Gasteiger partial charge on any atom is 0.220 e. The number of carbonyl (C=O) groups excluding carboxylic acids is 1. The van der Waals surface area contributed by atoms with Crippen LogP contribution in [0.1, 0.15) is 12.8 Å². The van der Waals surface area contributed by atoms with E-state index < -0.39 is 0 Å². The number of thiol groups is 1. The molecule has 0 aromatic rings. The molecule has 0 bridgehead atoms. The van der Waals surface area contributed by atoms with E-state index in [-0.39, 0.29) is 5.91 Å². The van der Waals surface area contributed by atoms with E-state index in [1.807, 2.05) is 0 Å². The van der Waals surface area contributed by atoms with Crippen molar-refractivity contribution < 1.29 is 4.79 Å². The van der Waals surface area contributed by atoms with Gasteiger partial charge in [-0.2, -0.15) is 12.6 Å². The van der Waals surface area contributed by atoms with E-state index in [9.17, 15) is 4.79 Å². The summed E-state index contributed by atoms with van der Waals surface area (Å²) in [7, 11) is 0. The van der Waals surface area contributed by atoms with E-state index in [2.05, 4.69) is 17.9 Å². The van der Waals surface area contributed by atoms with Crippen LogP contribution in [0.15, 0.2) is 0 Å². The van der Waals surface area contributed by atoms with E-state index in [0.29, 0.717) is 12.5 Å². The molecular formula is C5H9NOS. The van der Waals surface area contributed by atoms with Crippen LogP contribution in [0.25, 0.3) is 0 Å². The zero-order chi connectivity index (χ0) is 5.98. The summed E-state index contributed by atoms with van der Waals surface area (Å²) < 4.78 is 0. The Morgan fingerprint density at radius 2 is 2.62 bits per heavy atom. The number of rotatable bonds is 1. The van der Waals surface area contributed by atoms with Crippen LogP contribution in [0.2, 0.25) is 0 Å². The first-order valence-electron chi connectivity index (χ1n) is 2.73. The molecule has 2 nitrogen and oxygen atoms in total. The maximum absolute atomic E-state index is 10.5. The fraction of sp³-hybridized carbons (Fsp3) is 0.800. The molecule has 1 amide bonds. The first-order chi connectivity index (χ1) is 3.83. The largest absolute Gasteiger partial charge is 0.353 e. The van der Waals surface area contributed by atoms with Gasteiger partial charge >= 0.3 is 0 Å². The lowest BCUT2D eigenvalue weighted by molar-refractivity contribution is -0.119. The maximum atomic E-state index is 10.5. The second-order valence-electron chi connectivity index (χ2n) is 1.99. The molecule has 0 radical (unpaired) electrons. The lowest BCUT2D eigenvalue weighted by Gasteiger charge is -2.01. The van der Waals surface area contributed by atoms with Crippen molar-refractivity contribution in [2.24, 2.45) is 0 Å². The number of amides is 1. The van der Waals surface area contributed by atoms with Gasteiger partial charge in [-0.05, 0) is 6.42 Å². The smallest absolute Gasteiger partial charge is 0.220 e. The molecule has 1 saturated heterocycles. The van der Waals surface area contributed by atoms with Crippen molar-refractivity contribution in [3.8, 4) is 0 Å². The molecule has 0 spiro atoms. The van der Waals surface area contributed by atoms with E-state index in [1.165, 1.54) is 0 Å².